The summed E-state index contributed by atoms with van der Waals surface area (Å²) in [5.74, 6) is 4.54. The summed E-state index contributed by atoms with van der Waals surface area (Å²) in [7, 11) is 1.60. The third-order valence-electron chi connectivity index (χ3n) is 2.65. The highest BCUT2D eigenvalue weighted by Gasteiger charge is 2.05. The monoisotopic (exact) mass is 417 g/mol. The molecular formula is C16H24IN3O2. The average molecular weight is 417 g/mol. The second-order valence-corrected chi connectivity index (χ2v) is 4.20. The predicted molar refractivity (Wildman–Crippen MR) is 101 cm³/mol. The van der Waals surface area contributed by atoms with E-state index >= 15 is 0 Å². The number of hydrogen-bond donors (Lipinski definition) is 2. The molecule has 2 N–H and O–H groups in total. The fourth-order valence-electron chi connectivity index (χ4n) is 1.73. The summed E-state index contributed by atoms with van der Waals surface area (Å²) in [5.41, 5.74) is 1.02. The van der Waals surface area contributed by atoms with Crippen LogP contribution in [0.2, 0.25) is 0 Å². The lowest BCUT2D eigenvalue weighted by atomic mass is 10.2. The molecule has 0 aliphatic rings. The van der Waals surface area contributed by atoms with Gasteiger partial charge in [-0.2, -0.15) is 0 Å². The molecule has 0 heterocycles. The Morgan fingerprint density at radius 2 is 1.91 bits per heavy atom. The van der Waals surface area contributed by atoms with Crippen molar-refractivity contribution in [2.24, 2.45) is 4.99 Å². The van der Waals surface area contributed by atoms with Crippen molar-refractivity contribution in [3.63, 3.8) is 0 Å². The van der Waals surface area contributed by atoms with Gasteiger partial charge in [-0.1, -0.05) is 12.0 Å². The van der Waals surface area contributed by atoms with Gasteiger partial charge in [0.2, 0.25) is 0 Å². The standard InChI is InChI=1S/C16H23N3O2.HI/c1-5-10-21-15-11-13(8-9-14(15)20-4)12-19-16(17-6-2)18-7-3;/h1,8-9,11H,6-7,10,12H2,2-4H3,(H2,17,18,19);1H. The summed E-state index contributed by atoms with van der Waals surface area (Å²) < 4.78 is 10.7. The maximum absolute atomic E-state index is 5.48. The highest BCUT2D eigenvalue weighted by atomic mass is 127. The van der Waals surface area contributed by atoms with Gasteiger partial charge in [0.1, 0.15) is 6.61 Å². The van der Waals surface area contributed by atoms with E-state index in [4.69, 9.17) is 15.9 Å². The van der Waals surface area contributed by atoms with Gasteiger partial charge in [0, 0.05) is 13.1 Å². The highest BCUT2D eigenvalue weighted by Crippen LogP contribution is 2.28. The van der Waals surface area contributed by atoms with Gasteiger partial charge in [-0.3, -0.25) is 0 Å². The normalized spacial score (nSPS) is 9.00. The van der Waals surface area contributed by atoms with Crippen molar-refractivity contribution in [2.45, 2.75) is 20.4 Å². The summed E-state index contributed by atoms with van der Waals surface area (Å²) in [6.45, 7) is 6.48. The van der Waals surface area contributed by atoms with Crippen LogP contribution in [0.25, 0.3) is 0 Å². The first-order valence-corrected chi connectivity index (χ1v) is 7.00. The van der Waals surface area contributed by atoms with Gasteiger partial charge < -0.3 is 20.1 Å². The smallest absolute Gasteiger partial charge is 0.191 e. The zero-order valence-electron chi connectivity index (χ0n) is 13.3. The van der Waals surface area contributed by atoms with Crippen molar-refractivity contribution >= 4 is 29.9 Å². The van der Waals surface area contributed by atoms with Gasteiger partial charge >= 0.3 is 0 Å². The number of hydrogen-bond acceptors (Lipinski definition) is 3. The third kappa shape index (κ3) is 6.89. The number of methoxy groups -OCH3 is 1. The zero-order chi connectivity index (χ0) is 15.5. The number of benzene rings is 1. The molecule has 0 fully saturated rings. The second kappa shape index (κ2) is 12.0. The van der Waals surface area contributed by atoms with Crippen molar-refractivity contribution < 1.29 is 9.47 Å². The van der Waals surface area contributed by atoms with Crippen LogP contribution in [-0.4, -0.2) is 32.8 Å². The minimum absolute atomic E-state index is 0. The number of terminal acetylenes is 1. The maximum Gasteiger partial charge on any atom is 0.191 e. The number of nitrogens with zero attached hydrogens (tertiary/aromatic N) is 1. The van der Waals surface area contributed by atoms with Crippen molar-refractivity contribution in [3.05, 3.63) is 23.8 Å². The van der Waals surface area contributed by atoms with E-state index in [2.05, 4.69) is 21.5 Å². The van der Waals surface area contributed by atoms with E-state index in [0.717, 1.165) is 24.6 Å². The van der Waals surface area contributed by atoms with E-state index in [1.165, 1.54) is 0 Å². The number of rotatable bonds is 7. The Labute approximate surface area is 149 Å². The Balaban J connectivity index is 0.00000441. The number of halogens is 1. The zero-order valence-corrected chi connectivity index (χ0v) is 15.6. The molecule has 0 radical (unpaired) electrons. The summed E-state index contributed by atoms with van der Waals surface area (Å²) in [6, 6.07) is 5.71. The molecule has 0 atom stereocenters. The van der Waals surface area contributed by atoms with Crippen LogP contribution in [0.3, 0.4) is 0 Å². The molecule has 1 rings (SSSR count). The largest absolute Gasteiger partial charge is 0.493 e. The van der Waals surface area contributed by atoms with Crippen LogP contribution in [0.1, 0.15) is 19.4 Å². The maximum atomic E-state index is 5.48. The van der Waals surface area contributed by atoms with Gasteiger partial charge in [-0.25, -0.2) is 4.99 Å². The number of nitrogens with one attached hydrogen (secondary N) is 2. The van der Waals surface area contributed by atoms with Crippen LogP contribution in [0.5, 0.6) is 11.5 Å². The Bertz CT molecular complexity index is 505. The Hall–Kier alpha value is -1.62. The predicted octanol–water partition coefficient (Wildman–Crippen LogP) is 2.40. The van der Waals surface area contributed by atoms with Crippen molar-refractivity contribution in [1.29, 1.82) is 0 Å². The van der Waals surface area contributed by atoms with Crippen LogP contribution >= 0.6 is 24.0 Å². The molecule has 5 nitrogen and oxygen atoms in total. The lowest BCUT2D eigenvalue weighted by molar-refractivity contribution is 0.330. The molecule has 0 spiro atoms. The van der Waals surface area contributed by atoms with Crippen molar-refractivity contribution in [1.82, 2.24) is 10.6 Å². The van der Waals surface area contributed by atoms with Crippen LogP contribution in [0.4, 0.5) is 0 Å². The van der Waals surface area contributed by atoms with Gasteiger partial charge in [0.25, 0.3) is 0 Å². The van der Waals surface area contributed by atoms with Gasteiger partial charge in [-0.15, -0.1) is 30.4 Å². The van der Waals surface area contributed by atoms with Crippen LogP contribution in [-0.2, 0) is 6.54 Å². The Morgan fingerprint density at radius 1 is 1.23 bits per heavy atom. The van der Waals surface area contributed by atoms with Crippen molar-refractivity contribution in [2.75, 3.05) is 26.8 Å². The molecule has 0 aliphatic heterocycles. The Morgan fingerprint density at radius 3 is 2.45 bits per heavy atom. The summed E-state index contributed by atoms with van der Waals surface area (Å²) in [4.78, 5) is 4.51. The fourth-order valence-corrected chi connectivity index (χ4v) is 1.73. The third-order valence-corrected chi connectivity index (χ3v) is 2.65. The molecule has 1 aromatic carbocycles. The van der Waals surface area contributed by atoms with E-state index < -0.39 is 0 Å². The number of ether oxygens (including phenoxy) is 2. The molecule has 0 unspecified atom stereocenters. The van der Waals surface area contributed by atoms with Crippen molar-refractivity contribution in [3.8, 4) is 23.8 Å². The minimum atomic E-state index is 0. The Kier molecular flexibility index (Phi) is 11.1. The molecule has 22 heavy (non-hydrogen) atoms. The van der Waals surface area contributed by atoms with E-state index in [-0.39, 0.29) is 30.6 Å². The van der Waals surface area contributed by atoms with Crippen LogP contribution in [0, 0.1) is 12.3 Å². The molecule has 0 aromatic heterocycles. The second-order valence-electron chi connectivity index (χ2n) is 4.20. The number of aliphatic imine (C=N–C) groups is 1. The van der Waals surface area contributed by atoms with Gasteiger partial charge in [0.05, 0.1) is 13.7 Å². The fraction of sp³-hybridized carbons (Fsp3) is 0.438. The first kappa shape index (κ1) is 20.4. The molecule has 122 valence electrons. The SMILES string of the molecule is C#CCOc1cc(CN=C(NCC)NCC)ccc1OC.I. The molecule has 6 heteroatoms. The quantitative estimate of drug-likeness (QED) is 0.310. The van der Waals surface area contributed by atoms with E-state index in [1.54, 1.807) is 7.11 Å². The first-order chi connectivity index (χ1) is 10.2. The number of guanidine groups is 1. The first-order valence-electron chi connectivity index (χ1n) is 7.00. The van der Waals surface area contributed by atoms with E-state index in [1.807, 2.05) is 32.0 Å². The lowest BCUT2D eigenvalue weighted by Gasteiger charge is -2.11. The molecule has 0 saturated heterocycles. The van der Waals surface area contributed by atoms with E-state index in [0.29, 0.717) is 18.0 Å². The molecule has 0 amide bonds. The molecule has 0 bridgehead atoms. The topological polar surface area (TPSA) is 54.9 Å². The lowest BCUT2D eigenvalue weighted by Crippen LogP contribution is -2.36. The van der Waals surface area contributed by atoms with Crippen LogP contribution in [0.15, 0.2) is 23.2 Å². The molecule has 0 saturated carbocycles. The van der Waals surface area contributed by atoms with Crippen LogP contribution < -0.4 is 20.1 Å². The summed E-state index contributed by atoms with van der Waals surface area (Å²) in [5, 5.41) is 6.36. The average Bonchev–Trinajstić information content (AvgIpc) is 2.51. The summed E-state index contributed by atoms with van der Waals surface area (Å²) >= 11 is 0. The van der Waals surface area contributed by atoms with Gasteiger partial charge in [0.15, 0.2) is 17.5 Å². The molecular weight excluding hydrogens is 393 g/mol. The molecule has 1 aromatic rings. The van der Waals surface area contributed by atoms with Gasteiger partial charge in [-0.05, 0) is 31.5 Å². The summed E-state index contributed by atoms with van der Waals surface area (Å²) in [6.07, 6.45) is 5.22. The van der Waals surface area contributed by atoms with E-state index in [9.17, 15) is 0 Å². The minimum Gasteiger partial charge on any atom is -0.493 e. The molecule has 0 aliphatic carbocycles. The highest BCUT2D eigenvalue weighted by molar-refractivity contribution is 14.0.